The molecule has 82 valence electrons. The molecule has 0 bridgehead atoms. The Morgan fingerprint density at radius 2 is 1.20 bits per heavy atom. The zero-order chi connectivity index (χ0) is 9.94. The molecule has 1 unspecified atom stereocenters. The Bertz CT molecular complexity index is 99.6. The molecule has 0 rings (SSSR count). The van der Waals surface area contributed by atoms with Crippen molar-refractivity contribution < 1.29 is 5.11 Å². The largest absolute Gasteiger partial charge is 0.393 e. The number of aliphatic hydroxyl groups excluding tert-OH is 1. The standard InChI is InChI=1S/C12H26O.2Na/c1-3-5-7-8-9-11-12(13)10-6-4-2;;/h12-13H,3-11H2,1-2H3;;. The first-order valence-electron chi connectivity index (χ1n) is 5.99. The maximum Gasteiger partial charge on any atom is 0.0540 e. The van der Waals surface area contributed by atoms with Gasteiger partial charge < -0.3 is 5.11 Å². The van der Waals surface area contributed by atoms with Gasteiger partial charge in [-0.25, -0.2) is 0 Å². The molecular formula is C12H26Na2O. The first-order chi connectivity index (χ1) is 6.31. The van der Waals surface area contributed by atoms with Crippen molar-refractivity contribution in [1.82, 2.24) is 0 Å². The molecule has 3 heteroatoms. The Hall–Kier alpha value is 1.96. The quantitative estimate of drug-likeness (QED) is 0.478. The Morgan fingerprint density at radius 3 is 1.73 bits per heavy atom. The number of hydrogen-bond donors (Lipinski definition) is 1. The minimum Gasteiger partial charge on any atom is -0.393 e. The van der Waals surface area contributed by atoms with Gasteiger partial charge in [0, 0.05) is 59.1 Å². The van der Waals surface area contributed by atoms with E-state index in [9.17, 15) is 5.11 Å². The van der Waals surface area contributed by atoms with Gasteiger partial charge in [0.05, 0.1) is 6.10 Å². The molecule has 0 saturated carbocycles. The summed E-state index contributed by atoms with van der Waals surface area (Å²) < 4.78 is 0. The molecule has 1 N–H and O–H groups in total. The Morgan fingerprint density at radius 1 is 0.733 bits per heavy atom. The molecule has 0 heterocycles. The molecule has 1 atom stereocenters. The predicted octanol–water partition coefficient (Wildman–Crippen LogP) is 3.14. The molecular weight excluding hydrogens is 206 g/mol. The van der Waals surface area contributed by atoms with E-state index in [0.717, 1.165) is 12.8 Å². The summed E-state index contributed by atoms with van der Waals surface area (Å²) in [5, 5.41) is 9.54. The van der Waals surface area contributed by atoms with Crippen LogP contribution in [-0.2, 0) is 0 Å². The van der Waals surface area contributed by atoms with Gasteiger partial charge in [0.2, 0.25) is 0 Å². The number of rotatable bonds is 9. The topological polar surface area (TPSA) is 20.2 Å². The van der Waals surface area contributed by atoms with Crippen LogP contribution in [0.15, 0.2) is 0 Å². The summed E-state index contributed by atoms with van der Waals surface area (Å²) in [5.74, 6) is 0. The van der Waals surface area contributed by atoms with Gasteiger partial charge in [-0.05, 0) is 12.8 Å². The summed E-state index contributed by atoms with van der Waals surface area (Å²) in [6.07, 6.45) is 10.9. The second-order valence-corrected chi connectivity index (χ2v) is 4.00. The van der Waals surface area contributed by atoms with Crippen LogP contribution in [0, 0.1) is 0 Å². The molecule has 1 nitrogen and oxygen atoms in total. The second kappa shape index (κ2) is 18.3. The Labute approximate surface area is 140 Å². The van der Waals surface area contributed by atoms with Crippen LogP contribution in [0.2, 0.25) is 0 Å². The summed E-state index contributed by atoms with van der Waals surface area (Å²) >= 11 is 0. The first kappa shape index (κ1) is 22.2. The molecule has 0 aliphatic heterocycles. The maximum absolute atomic E-state index is 9.54. The van der Waals surface area contributed by atoms with Crippen molar-refractivity contribution in [3.63, 3.8) is 0 Å². The van der Waals surface area contributed by atoms with Crippen molar-refractivity contribution in [2.75, 3.05) is 0 Å². The van der Waals surface area contributed by atoms with E-state index < -0.39 is 0 Å². The fraction of sp³-hybridized carbons (Fsp3) is 1.00. The molecule has 0 aromatic heterocycles. The van der Waals surface area contributed by atoms with Gasteiger partial charge in [0.25, 0.3) is 0 Å². The van der Waals surface area contributed by atoms with Crippen molar-refractivity contribution in [2.24, 2.45) is 0 Å². The number of unbranched alkanes of at least 4 members (excludes halogenated alkanes) is 5. The normalized spacial score (nSPS) is 11.4. The maximum atomic E-state index is 9.54. The van der Waals surface area contributed by atoms with Crippen LogP contribution in [0.1, 0.15) is 71.6 Å². The van der Waals surface area contributed by atoms with Crippen LogP contribution < -0.4 is 0 Å². The number of hydrogen-bond acceptors (Lipinski definition) is 1. The number of aliphatic hydroxyl groups is 1. The minimum atomic E-state index is -0.0263. The van der Waals surface area contributed by atoms with E-state index in [1.165, 1.54) is 44.9 Å². The Balaban J connectivity index is -0.000000720. The second-order valence-electron chi connectivity index (χ2n) is 4.00. The molecule has 0 amide bonds. The molecule has 0 fully saturated rings. The monoisotopic (exact) mass is 232 g/mol. The summed E-state index contributed by atoms with van der Waals surface area (Å²) in [5.41, 5.74) is 0. The third-order valence-electron chi connectivity index (χ3n) is 2.53. The van der Waals surface area contributed by atoms with E-state index in [2.05, 4.69) is 13.8 Å². The zero-order valence-electron chi connectivity index (χ0n) is 11.4. The van der Waals surface area contributed by atoms with E-state index >= 15 is 0 Å². The van der Waals surface area contributed by atoms with Crippen LogP contribution in [0.3, 0.4) is 0 Å². The van der Waals surface area contributed by atoms with Crippen molar-refractivity contribution in [3.05, 3.63) is 0 Å². The van der Waals surface area contributed by atoms with Crippen LogP contribution in [0.25, 0.3) is 0 Å². The smallest absolute Gasteiger partial charge is 0.0540 e. The van der Waals surface area contributed by atoms with Gasteiger partial charge >= 0.3 is 0 Å². The molecule has 0 aliphatic rings. The minimum absolute atomic E-state index is 0. The van der Waals surface area contributed by atoms with Gasteiger partial charge in [-0.3, -0.25) is 0 Å². The Kier molecular flexibility index (Phi) is 27.1. The van der Waals surface area contributed by atoms with Gasteiger partial charge in [-0.2, -0.15) is 0 Å². The van der Waals surface area contributed by atoms with E-state index in [1.807, 2.05) is 0 Å². The SMILES string of the molecule is CCCCCCCC(O)CCCC.[Na].[Na]. The van der Waals surface area contributed by atoms with Gasteiger partial charge in [0.1, 0.15) is 0 Å². The summed E-state index contributed by atoms with van der Waals surface area (Å²) in [7, 11) is 0. The molecule has 0 spiro atoms. The predicted molar refractivity (Wildman–Crippen MR) is 70.4 cm³/mol. The van der Waals surface area contributed by atoms with E-state index in [4.69, 9.17) is 0 Å². The van der Waals surface area contributed by atoms with Crippen LogP contribution >= 0.6 is 0 Å². The molecule has 2 radical (unpaired) electrons. The fourth-order valence-electron chi connectivity index (χ4n) is 1.57. The molecule has 0 saturated heterocycles. The average Bonchev–Trinajstić information content (AvgIpc) is 2.14. The van der Waals surface area contributed by atoms with E-state index in [1.54, 1.807) is 0 Å². The van der Waals surface area contributed by atoms with Gasteiger partial charge in [-0.1, -0.05) is 58.8 Å². The van der Waals surface area contributed by atoms with Crippen molar-refractivity contribution in [2.45, 2.75) is 77.7 Å². The summed E-state index contributed by atoms with van der Waals surface area (Å²) in [6, 6.07) is 0. The van der Waals surface area contributed by atoms with Crippen LogP contribution in [0.4, 0.5) is 0 Å². The molecule has 0 aliphatic carbocycles. The van der Waals surface area contributed by atoms with Crippen LogP contribution in [-0.4, -0.2) is 70.3 Å². The van der Waals surface area contributed by atoms with Crippen molar-refractivity contribution in [1.29, 1.82) is 0 Å². The molecule has 0 aromatic carbocycles. The van der Waals surface area contributed by atoms with Gasteiger partial charge in [-0.15, -0.1) is 0 Å². The average molecular weight is 232 g/mol. The zero-order valence-corrected chi connectivity index (χ0v) is 15.4. The molecule has 15 heavy (non-hydrogen) atoms. The van der Waals surface area contributed by atoms with Crippen molar-refractivity contribution in [3.8, 4) is 0 Å². The van der Waals surface area contributed by atoms with E-state index in [-0.39, 0.29) is 65.2 Å². The summed E-state index contributed by atoms with van der Waals surface area (Å²) in [4.78, 5) is 0. The molecule has 0 aromatic rings. The third kappa shape index (κ3) is 18.5. The fourth-order valence-corrected chi connectivity index (χ4v) is 1.57. The van der Waals surface area contributed by atoms with Gasteiger partial charge in [0.15, 0.2) is 0 Å². The summed E-state index contributed by atoms with van der Waals surface area (Å²) in [6.45, 7) is 4.41. The van der Waals surface area contributed by atoms with Crippen molar-refractivity contribution >= 4 is 59.1 Å². The third-order valence-corrected chi connectivity index (χ3v) is 2.53. The van der Waals surface area contributed by atoms with E-state index in [0.29, 0.717) is 0 Å². The first-order valence-corrected chi connectivity index (χ1v) is 5.99. The van der Waals surface area contributed by atoms with Crippen LogP contribution in [0.5, 0.6) is 0 Å².